The Labute approximate surface area is 132 Å². The van der Waals surface area contributed by atoms with E-state index >= 15 is 0 Å². The molecule has 0 radical (unpaired) electrons. The van der Waals surface area contributed by atoms with Gasteiger partial charge in [-0.3, -0.25) is 9.11 Å². The van der Waals surface area contributed by atoms with Crippen LogP contribution < -0.4 is 5.73 Å². The maximum atomic E-state index is 11.2. The molecule has 0 amide bonds. The van der Waals surface area contributed by atoms with Crippen molar-refractivity contribution in [1.82, 2.24) is 0 Å². The van der Waals surface area contributed by atoms with Crippen LogP contribution in [-0.4, -0.2) is 25.9 Å². The van der Waals surface area contributed by atoms with Gasteiger partial charge in [0.1, 0.15) is 15.5 Å². The zero-order valence-corrected chi connectivity index (χ0v) is 13.0. The summed E-state index contributed by atoms with van der Waals surface area (Å²) in [6.07, 6.45) is 0. The molecule has 0 aliphatic heterocycles. The molecule has 2 rings (SSSR count). The molecule has 23 heavy (non-hydrogen) atoms. The fourth-order valence-electron chi connectivity index (χ4n) is 1.68. The van der Waals surface area contributed by atoms with Crippen molar-refractivity contribution in [2.75, 3.05) is 5.73 Å². The SMILES string of the molecule is Nc1ccc(N=Nc2ccccc2S(=O)(=O)O)cc1S(=O)(=O)O. The fourth-order valence-corrected chi connectivity index (χ4v) is 2.94. The van der Waals surface area contributed by atoms with Gasteiger partial charge < -0.3 is 5.73 Å². The van der Waals surface area contributed by atoms with Crippen molar-refractivity contribution in [2.45, 2.75) is 9.79 Å². The molecule has 2 aromatic carbocycles. The molecule has 0 saturated carbocycles. The van der Waals surface area contributed by atoms with Gasteiger partial charge in [-0.05, 0) is 30.3 Å². The third kappa shape index (κ3) is 4.10. The summed E-state index contributed by atoms with van der Waals surface area (Å²) in [5.41, 5.74) is 5.14. The molecule has 0 aliphatic carbocycles. The van der Waals surface area contributed by atoms with Crippen LogP contribution in [0.2, 0.25) is 0 Å². The van der Waals surface area contributed by atoms with Crippen molar-refractivity contribution < 1.29 is 25.9 Å². The average Bonchev–Trinajstić information content (AvgIpc) is 2.44. The highest BCUT2D eigenvalue weighted by molar-refractivity contribution is 7.86. The Bertz CT molecular complexity index is 984. The molecular formula is C12H11N3O6S2. The largest absolute Gasteiger partial charge is 0.398 e. The molecule has 0 unspecified atom stereocenters. The quantitative estimate of drug-likeness (QED) is 0.429. The molecule has 0 spiro atoms. The minimum Gasteiger partial charge on any atom is -0.398 e. The van der Waals surface area contributed by atoms with Crippen molar-refractivity contribution >= 4 is 37.3 Å². The first-order valence-electron chi connectivity index (χ1n) is 5.94. The third-order valence-electron chi connectivity index (χ3n) is 2.69. The summed E-state index contributed by atoms with van der Waals surface area (Å²) in [7, 11) is -9.02. The number of nitrogens with zero attached hydrogens (tertiary/aromatic N) is 2. The Morgan fingerprint density at radius 1 is 0.826 bits per heavy atom. The number of hydrogen-bond donors (Lipinski definition) is 3. The van der Waals surface area contributed by atoms with E-state index in [2.05, 4.69) is 10.2 Å². The second kappa shape index (κ2) is 6.04. The number of nitrogens with two attached hydrogens (primary N) is 1. The van der Waals surface area contributed by atoms with E-state index in [1.54, 1.807) is 0 Å². The van der Waals surface area contributed by atoms with Crippen molar-refractivity contribution in [1.29, 1.82) is 0 Å². The van der Waals surface area contributed by atoms with Gasteiger partial charge in [0.2, 0.25) is 0 Å². The molecule has 11 heteroatoms. The summed E-state index contributed by atoms with van der Waals surface area (Å²) in [4.78, 5) is -0.994. The summed E-state index contributed by atoms with van der Waals surface area (Å²) in [6.45, 7) is 0. The molecule has 122 valence electrons. The number of nitrogen functional groups attached to an aromatic ring is 1. The van der Waals surface area contributed by atoms with Gasteiger partial charge in [0.05, 0.1) is 11.4 Å². The van der Waals surface area contributed by atoms with Gasteiger partial charge in [0.15, 0.2) is 0 Å². The molecule has 0 saturated heterocycles. The maximum Gasteiger partial charge on any atom is 0.296 e. The second-order valence-corrected chi connectivity index (χ2v) is 7.12. The molecule has 2 aromatic rings. The van der Waals surface area contributed by atoms with E-state index < -0.39 is 30.0 Å². The molecule has 4 N–H and O–H groups in total. The lowest BCUT2D eigenvalue weighted by Gasteiger charge is -2.03. The van der Waals surface area contributed by atoms with Crippen LogP contribution in [0.25, 0.3) is 0 Å². The monoisotopic (exact) mass is 357 g/mol. The lowest BCUT2D eigenvalue weighted by atomic mass is 10.3. The summed E-state index contributed by atoms with van der Waals surface area (Å²) in [6, 6.07) is 8.81. The van der Waals surface area contributed by atoms with Crippen molar-refractivity contribution in [3.63, 3.8) is 0 Å². The fraction of sp³-hybridized carbons (Fsp3) is 0. The molecule has 0 aromatic heterocycles. The van der Waals surface area contributed by atoms with Crippen molar-refractivity contribution in [3.8, 4) is 0 Å². The molecule has 0 heterocycles. The Hall–Kier alpha value is -2.34. The van der Waals surface area contributed by atoms with E-state index in [9.17, 15) is 16.8 Å². The highest BCUT2D eigenvalue weighted by Gasteiger charge is 2.16. The standard InChI is InChI=1S/C12H11N3O6S2/c13-9-6-5-8(7-12(9)23(19,20)21)14-15-10-3-1-2-4-11(10)22(16,17)18/h1-7H,13H2,(H,16,17,18)(H,19,20,21). The van der Waals surface area contributed by atoms with Crippen LogP contribution in [0.3, 0.4) is 0 Å². The van der Waals surface area contributed by atoms with Crippen LogP contribution in [-0.2, 0) is 20.2 Å². The van der Waals surface area contributed by atoms with Gasteiger partial charge in [-0.25, -0.2) is 0 Å². The number of hydrogen-bond acceptors (Lipinski definition) is 7. The molecule has 0 atom stereocenters. The smallest absolute Gasteiger partial charge is 0.296 e. The predicted molar refractivity (Wildman–Crippen MR) is 81.1 cm³/mol. The third-order valence-corrected chi connectivity index (χ3v) is 4.50. The van der Waals surface area contributed by atoms with E-state index in [0.717, 1.165) is 12.1 Å². The van der Waals surface area contributed by atoms with E-state index in [-0.39, 0.29) is 17.1 Å². The van der Waals surface area contributed by atoms with Crippen molar-refractivity contribution in [3.05, 3.63) is 42.5 Å². The highest BCUT2D eigenvalue weighted by Crippen LogP contribution is 2.28. The Balaban J connectivity index is 2.47. The first-order valence-corrected chi connectivity index (χ1v) is 8.82. The molecule has 9 nitrogen and oxygen atoms in total. The Kier molecular flexibility index (Phi) is 4.47. The number of azo groups is 1. The van der Waals surface area contributed by atoms with E-state index in [4.69, 9.17) is 14.8 Å². The number of anilines is 1. The first-order chi connectivity index (χ1) is 10.6. The minimum atomic E-state index is -4.53. The Morgan fingerprint density at radius 2 is 1.43 bits per heavy atom. The van der Waals surface area contributed by atoms with Crippen LogP contribution >= 0.6 is 0 Å². The average molecular weight is 357 g/mol. The normalized spacial score (nSPS) is 12.6. The highest BCUT2D eigenvalue weighted by atomic mass is 32.2. The second-order valence-electron chi connectivity index (χ2n) is 4.34. The Morgan fingerprint density at radius 3 is 2.04 bits per heavy atom. The van der Waals surface area contributed by atoms with Gasteiger partial charge >= 0.3 is 0 Å². The topological polar surface area (TPSA) is 159 Å². The van der Waals surface area contributed by atoms with Gasteiger partial charge in [0, 0.05) is 0 Å². The van der Waals surface area contributed by atoms with Crippen LogP contribution in [0.4, 0.5) is 17.1 Å². The van der Waals surface area contributed by atoms with Crippen LogP contribution in [0.1, 0.15) is 0 Å². The molecule has 0 fully saturated rings. The van der Waals surface area contributed by atoms with Crippen LogP contribution in [0.5, 0.6) is 0 Å². The van der Waals surface area contributed by atoms with Gasteiger partial charge in [-0.15, -0.1) is 5.11 Å². The minimum absolute atomic E-state index is 0.0111. The lowest BCUT2D eigenvalue weighted by molar-refractivity contribution is 0.481. The molecular weight excluding hydrogens is 346 g/mol. The van der Waals surface area contributed by atoms with Gasteiger partial charge in [-0.2, -0.15) is 21.9 Å². The van der Waals surface area contributed by atoms with E-state index in [0.29, 0.717) is 0 Å². The first kappa shape index (κ1) is 17.0. The zero-order chi connectivity index (χ0) is 17.3. The van der Waals surface area contributed by atoms with E-state index in [1.165, 1.54) is 30.3 Å². The summed E-state index contributed by atoms with van der Waals surface area (Å²) in [5, 5.41) is 7.35. The lowest BCUT2D eigenvalue weighted by Crippen LogP contribution is -2.02. The maximum absolute atomic E-state index is 11.2. The number of benzene rings is 2. The molecule has 0 aliphatic rings. The van der Waals surface area contributed by atoms with Gasteiger partial charge in [-0.1, -0.05) is 12.1 Å². The van der Waals surface area contributed by atoms with Crippen molar-refractivity contribution in [2.24, 2.45) is 10.2 Å². The van der Waals surface area contributed by atoms with E-state index in [1.807, 2.05) is 0 Å². The van der Waals surface area contributed by atoms with Gasteiger partial charge in [0.25, 0.3) is 20.2 Å². The molecule has 0 bridgehead atoms. The summed E-state index contributed by atoms with van der Waals surface area (Å²) >= 11 is 0. The van der Waals surface area contributed by atoms with Crippen LogP contribution in [0.15, 0.2) is 62.5 Å². The predicted octanol–water partition coefficient (Wildman–Crippen LogP) is 2.18. The summed E-state index contributed by atoms with van der Waals surface area (Å²) in [5.74, 6) is 0. The van der Waals surface area contributed by atoms with Crippen LogP contribution in [0, 0.1) is 0 Å². The summed E-state index contributed by atoms with van der Waals surface area (Å²) < 4.78 is 62.9. The number of rotatable bonds is 4. The zero-order valence-electron chi connectivity index (χ0n) is 11.4.